The van der Waals surface area contributed by atoms with Gasteiger partial charge in [0.15, 0.2) is 11.5 Å². The van der Waals surface area contributed by atoms with Crippen LogP contribution in [0.1, 0.15) is 5.56 Å². The van der Waals surface area contributed by atoms with Gasteiger partial charge < -0.3 is 9.47 Å². The lowest BCUT2D eigenvalue weighted by Crippen LogP contribution is -1.94. The zero-order chi connectivity index (χ0) is 17.1. The van der Waals surface area contributed by atoms with Crippen molar-refractivity contribution in [3.8, 4) is 34.0 Å². The average Bonchev–Trinajstić information content (AvgIpc) is 2.61. The first kappa shape index (κ1) is 16.3. The van der Waals surface area contributed by atoms with Crippen molar-refractivity contribution in [1.29, 1.82) is 0 Å². The number of methoxy groups -OCH3 is 2. The monoisotopic (exact) mass is 340 g/mol. The molecule has 2 aromatic carbocycles. The van der Waals surface area contributed by atoms with Crippen molar-refractivity contribution in [3.63, 3.8) is 0 Å². The number of ether oxygens (including phenoxy) is 2. The predicted molar refractivity (Wildman–Crippen MR) is 95.8 cm³/mol. The number of nitrogens with zero attached hydrogens (tertiary/aromatic N) is 2. The van der Waals surface area contributed by atoms with Gasteiger partial charge >= 0.3 is 0 Å². The van der Waals surface area contributed by atoms with E-state index in [-0.39, 0.29) is 5.28 Å². The molecule has 0 N–H and O–H groups in total. The van der Waals surface area contributed by atoms with Gasteiger partial charge in [0.2, 0.25) is 5.28 Å². The van der Waals surface area contributed by atoms with Crippen molar-refractivity contribution in [1.82, 2.24) is 9.97 Å². The SMILES string of the molecule is COc1ccc(-c2cc(-c3ccc(C)cc3)nc(Cl)n2)cc1OC. The van der Waals surface area contributed by atoms with Gasteiger partial charge in [-0.1, -0.05) is 29.8 Å². The summed E-state index contributed by atoms with van der Waals surface area (Å²) in [6.07, 6.45) is 0. The van der Waals surface area contributed by atoms with Crippen molar-refractivity contribution in [2.75, 3.05) is 14.2 Å². The number of aromatic nitrogens is 2. The molecular formula is C19H17ClN2O2. The molecule has 0 saturated heterocycles. The fraction of sp³-hybridized carbons (Fsp3) is 0.158. The molecule has 0 radical (unpaired) electrons. The van der Waals surface area contributed by atoms with E-state index in [4.69, 9.17) is 21.1 Å². The molecule has 0 fully saturated rings. The fourth-order valence-electron chi connectivity index (χ4n) is 2.43. The Morgan fingerprint density at radius 2 is 1.33 bits per heavy atom. The minimum Gasteiger partial charge on any atom is -0.493 e. The van der Waals surface area contributed by atoms with Crippen LogP contribution in [0.15, 0.2) is 48.5 Å². The Bertz CT molecular complexity index is 864. The normalized spacial score (nSPS) is 10.5. The molecule has 0 unspecified atom stereocenters. The predicted octanol–water partition coefficient (Wildman–Crippen LogP) is 4.79. The lowest BCUT2D eigenvalue weighted by molar-refractivity contribution is 0.355. The third kappa shape index (κ3) is 3.34. The maximum Gasteiger partial charge on any atom is 0.223 e. The summed E-state index contributed by atoms with van der Waals surface area (Å²) in [4.78, 5) is 8.67. The van der Waals surface area contributed by atoms with Gasteiger partial charge in [0, 0.05) is 11.1 Å². The lowest BCUT2D eigenvalue weighted by atomic mass is 10.1. The van der Waals surface area contributed by atoms with Crippen LogP contribution < -0.4 is 9.47 Å². The highest BCUT2D eigenvalue weighted by Gasteiger charge is 2.11. The molecule has 0 aliphatic rings. The molecular weight excluding hydrogens is 324 g/mol. The molecule has 1 heterocycles. The van der Waals surface area contributed by atoms with Crippen LogP contribution in [-0.4, -0.2) is 24.2 Å². The maximum absolute atomic E-state index is 6.14. The third-order valence-corrected chi connectivity index (χ3v) is 3.89. The van der Waals surface area contributed by atoms with Crippen LogP contribution in [0.2, 0.25) is 5.28 Å². The quantitative estimate of drug-likeness (QED) is 0.640. The van der Waals surface area contributed by atoms with E-state index in [0.29, 0.717) is 11.5 Å². The summed E-state index contributed by atoms with van der Waals surface area (Å²) in [5.41, 5.74) is 4.57. The Morgan fingerprint density at radius 1 is 0.750 bits per heavy atom. The second-order valence-corrected chi connectivity index (χ2v) is 5.68. The van der Waals surface area contributed by atoms with Crippen LogP contribution in [0, 0.1) is 6.92 Å². The van der Waals surface area contributed by atoms with Crippen molar-refractivity contribution in [3.05, 3.63) is 59.4 Å². The second-order valence-electron chi connectivity index (χ2n) is 5.34. The highest BCUT2D eigenvalue weighted by Crippen LogP contribution is 2.33. The third-order valence-electron chi connectivity index (χ3n) is 3.73. The van der Waals surface area contributed by atoms with Crippen LogP contribution in [0.5, 0.6) is 11.5 Å². The van der Waals surface area contributed by atoms with Crippen LogP contribution in [0.25, 0.3) is 22.5 Å². The lowest BCUT2D eigenvalue weighted by Gasteiger charge is -2.10. The van der Waals surface area contributed by atoms with Crippen LogP contribution in [0.4, 0.5) is 0 Å². The molecule has 1 aromatic heterocycles. The highest BCUT2D eigenvalue weighted by molar-refractivity contribution is 6.28. The van der Waals surface area contributed by atoms with E-state index in [1.807, 2.05) is 55.5 Å². The number of halogens is 1. The Hall–Kier alpha value is -2.59. The van der Waals surface area contributed by atoms with E-state index in [2.05, 4.69) is 9.97 Å². The Morgan fingerprint density at radius 3 is 1.96 bits per heavy atom. The molecule has 5 heteroatoms. The highest BCUT2D eigenvalue weighted by atomic mass is 35.5. The summed E-state index contributed by atoms with van der Waals surface area (Å²) in [6.45, 7) is 2.05. The Labute approximate surface area is 146 Å². The summed E-state index contributed by atoms with van der Waals surface area (Å²) in [7, 11) is 3.21. The molecule has 0 aliphatic heterocycles. The first-order chi connectivity index (χ1) is 11.6. The fourth-order valence-corrected chi connectivity index (χ4v) is 2.62. The number of rotatable bonds is 4. The van der Waals surface area contributed by atoms with Crippen molar-refractivity contribution >= 4 is 11.6 Å². The summed E-state index contributed by atoms with van der Waals surface area (Å²) >= 11 is 6.14. The summed E-state index contributed by atoms with van der Waals surface area (Å²) in [5.74, 6) is 1.31. The topological polar surface area (TPSA) is 44.2 Å². The zero-order valence-corrected chi connectivity index (χ0v) is 14.5. The van der Waals surface area contributed by atoms with Gasteiger partial charge in [0.1, 0.15) is 0 Å². The largest absolute Gasteiger partial charge is 0.493 e. The minimum atomic E-state index is 0.206. The van der Waals surface area contributed by atoms with Gasteiger partial charge in [-0.15, -0.1) is 0 Å². The second kappa shape index (κ2) is 6.89. The number of benzene rings is 2. The molecule has 0 bridgehead atoms. The molecule has 0 atom stereocenters. The smallest absolute Gasteiger partial charge is 0.223 e. The van der Waals surface area contributed by atoms with Gasteiger partial charge in [-0.2, -0.15) is 0 Å². The summed E-state index contributed by atoms with van der Waals surface area (Å²) < 4.78 is 10.6. The minimum absolute atomic E-state index is 0.206. The van der Waals surface area contributed by atoms with E-state index < -0.39 is 0 Å². The molecule has 122 valence electrons. The molecule has 0 aliphatic carbocycles. The van der Waals surface area contributed by atoms with Gasteiger partial charge in [-0.05, 0) is 42.8 Å². The molecule has 0 spiro atoms. The number of hydrogen-bond donors (Lipinski definition) is 0. The number of hydrogen-bond acceptors (Lipinski definition) is 4. The van der Waals surface area contributed by atoms with E-state index in [1.165, 1.54) is 5.56 Å². The molecule has 24 heavy (non-hydrogen) atoms. The van der Waals surface area contributed by atoms with E-state index in [0.717, 1.165) is 22.5 Å². The molecule has 4 nitrogen and oxygen atoms in total. The average molecular weight is 341 g/mol. The summed E-state index contributed by atoms with van der Waals surface area (Å²) in [5, 5.41) is 0.206. The molecule has 0 saturated carbocycles. The zero-order valence-electron chi connectivity index (χ0n) is 13.7. The van der Waals surface area contributed by atoms with Crippen molar-refractivity contribution in [2.45, 2.75) is 6.92 Å². The first-order valence-corrected chi connectivity index (χ1v) is 7.82. The van der Waals surface area contributed by atoms with E-state index >= 15 is 0 Å². The van der Waals surface area contributed by atoms with Crippen LogP contribution in [0.3, 0.4) is 0 Å². The van der Waals surface area contributed by atoms with Crippen LogP contribution in [-0.2, 0) is 0 Å². The molecule has 3 rings (SSSR count). The number of aryl methyl sites for hydroxylation is 1. The Kier molecular flexibility index (Phi) is 4.67. The van der Waals surface area contributed by atoms with E-state index in [9.17, 15) is 0 Å². The van der Waals surface area contributed by atoms with Crippen molar-refractivity contribution < 1.29 is 9.47 Å². The standard InChI is InChI=1S/C19H17ClN2O2/c1-12-4-6-13(7-5-12)15-11-16(22-19(20)21-15)14-8-9-17(23-2)18(10-14)24-3/h4-11H,1-3H3. The maximum atomic E-state index is 6.14. The molecule has 3 aromatic rings. The van der Waals surface area contributed by atoms with Gasteiger partial charge in [-0.25, -0.2) is 9.97 Å². The molecule has 0 amide bonds. The van der Waals surface area contributed by atoms with Gasteiger partial charge in [0.05, 0.1) is 25.6 Å². The van der Waals surface area contributed by atoms with E-state index in [1.54, 1.807) is 14.2 Å². The van der Waals surface area contributed by atoms with Crippen LogP contribution >= 0.6 is 11.6 Å². The summed E-state index contributed by atoms with van der Waals surface area (Å²) in [6, 6.07) is 15.7. The van der Waals surface area contributed by atoms with Gasteiger partial charge in [0.25, 0.3) is 0 Å². The Balaban J connectivity index is 2.07. The van der Waals surface area contributed by atoms with Gasteiger partial charge in [-0.3, -0.25) is 0 Å². The first-order valence-electron chi connectivity index (χ1n) is 7.44. The van der Waals surface area contributed by atoms with Crippen molar-refractivity contribution in [2.24, 2.45) is 0 Å².